The molecule has 0 saturated heterocycles. The van der Waals surface area contributed by atoms with Gasteiger partial charge in [0, 0.05) is 81.8 Å². The summed E-state index contributed by atoms with van der Waals surface area (Å²) in [5, 5.41) is 0. The Kier molecular flexibility index (Phi) is 12.4. The van der Waals surface area contributed by atoms with E-state index in [9.17, 15) is 0 Å². The van der Waals surface area contributed by atoms with Crippen molar-refractivity contribution in [1.82, 2.24) is 29.9 Å². The number of aromatic nitrogens is 6. The van der Waals surface area contributed by atoms with Crippen LogP contribution in [0.25, 0.3) is 0 Å². The quantitative estimate of drug-likeness (QED) is 0.515. The average molecular weight is 361 g/mol. The molecule has 7 nitrogen and oxygen atoms in total. The Hall–Kier alpha value is -3.74. The highest BCUT2D eigenvalue weighted by molar-refractivity contribution is 5.42. The summed E-state index contributed by atoms with van der Waals surface area (Å²) in [6.07, 6.45) is 18.5. The van der Waals surface area contributed by atoms with E-state index in [4.69, 9.17) is 0 Å². The molecule has 0 aliphatic carbocycles. The smallest absolute Gasteiger partial charge is 0.115 e. The first-order valence-corrected chi connectivity index (χ1v) is 8.13. The van der Waals surface area contributed by atoms with Gasteiger partial charge in [0.25, 0.3) is 0 Å². The SMILES string of the molecule is CN(C)c1ccncc1.c1ccncc1.c1cnccn1.c1cncnc1. The molecule has 0 spiro atoms. The van der Waals surface area contributed by atoms with Gasteiger partial charge in [-0.25, -0.2) is 9.97 Å². The van der Waals surface area contributed by atoms with Crippen molar-refractivity contribution < 1.29 is 0 Å². The van der Waals surface area contributed by atoms with E-state index in [-0.39, 0.29) is 0 Å². The minimum absolute atomic E-state index is 1.19. The molecule has 0 unspecified atom stereocenters. The van der Waals surface area contributed by atoms with Gasteiger partial charge in [0.15, 0.2) is 0 Å². The molecule has 4 heterocycles. The number of rotatable bonds is 1. The lowest BCUT2D eigenvalue weighted by atomic mass is 10.4. The lowest BCUT2D eigenvalue weighted by molar-refractivity contribution is 1.12. The molecule has 0 amide bonds. The Bertz CT molecular complexity index is 600. The molecule has 0 bridgehead atoms. The van der Waals surface area contributed by atoms with Crippen LogP contribution < -0.4 is 4.90 Å². The molecule has 0 aromatic carbocycles. The Morgan fingerprint density at radius 1 is 0.481 bits per heavy atom. The van der Waals surface area contributed by atoms with E-state index in [0.717, 1.165) is 0 Å². The zero-order chi connectivity index (χ0) is 19.4. The third-order valence-electron chi connectivity index (χ3n) is 2.70. The van der Waals surface area contributed by atoms with Crippen molar-refractivity contribution in [2.24, 2.45) is 0 Å². The molecule has 4 rings (SSSR count). The molecule has 138 valence electrons. The van der Waals surface area contributed by atoms with Crippen molar-refractivity contribution in [3.05, 3.63) is 105 Å². The van der Waals surface area contributed by atoms with Crippen molar-refractivity contribution in [2.45, 2.75) is 0 Å². The largest absolute Gasteiger partial charge is 0.378 e. The first-order chi connectivity index (χ1) is 13.3. The van der Waals surface area contributed by atoms with Crippen LogP contribution in [0.2, 0.25) is 0 Å². The molecule has 27 heavy (non-hydrogen) atoms. The second kappa shape index (κ2) is 15.8. The summed E-state index contributed by atoms with van der Waals surface area (Å²) in [5.74, 6) is 0. The normalized spacial score (nSPS) is 8.37. The van der Waals surface area contributed by atoms with Gasteiger partial charge in [0.05, 0.1) is 0 Å². The molecule has 0 N–H and O–H groups in total. The first kappa shape index (κ1) is 21.3. The summed E-state index contributed by atoms with van der Waals surface area (Å²) in [7, 11) is 4.02. The molecule has 4 aromatic heterocycles. The summed E-state index contributed by atoms with van der Waals surface area (Å²) in [4.78, 5) is 24.5. The van der Waals surface area contributed by atoms with Crippen molar-refractivity contribution in [3.63, 3.8) is 0 Å². The van der Waals surface area contributed by atoms with Gasteiger partial charge >= 0.3 is 0 Å². The number of nitrogens with zero attached hydrogens (tertiary/aromatic N) is 7. The average Bonchev–Trinajstić information content (AvgIpc) is 2.79. The highest BCUT2D eigenvalue weighted by Gasteiger charge is 1.88. The number of anilines is 1. The van der Waals surface area contributed by atoms with Gasteiger partial charge in [-0.15, -0.1) is 0 Å². The van der Waals surface area contributed by atoms with Crippen LogP contribution in [-0.2, 0) is 0 Å². The van der Waals surface area contributed by atoms with Crippen LogP contribution >= 0.6 is 0 Å². The van der Waals surface area contributed by atoms with Crippen LogP contribution in [0.15, 0.2) is 105 Å². The van der Waals surface area contributed by atoms with E-state index in [0.29, 0.717) is 0 Å². The second-order valence-corrected chi connectivity index (χ2v) is 4.92. The van der Waals surface area contributed by atoms with Crippen LogP contribution in [0.3, 0.4) is 0 Å². The van der Waals surface area contributed by atoms with Gasteiger partial charge in [0.2, 0.25) is 0 Å². The predicted octanol–water partition coefficient (Wildman–Crippen LogP) is 3.18. The van der Waals surface area contributed by atoms with Gasteiger partial charge in [0.1, 0.15) is 6.33 Å². The zero-order valence-electron chi connectivity index (χ0n) is 15.4. The van der Waals surface area contributed by atoms with Gasteiger partial charge in [-0.05, 0) is 30.3 Å². The summed E-state index contributed by atoms with van der Waals surface area (Å²) < 4.78 is 0. The fraction of sp³-hybridized carbons (Fsp3) is 0.100. The van der Waals surface area contributed by atoms with Crippen molar-refractivity contribution in [3.8, 4) is 0 Å². The highest BCUT2D eigenvalue weighted by atomic mass is 15.1. The van der Waals surface area contributed by atoms with Crippen molar-refractivity contribution in [1.29, 1.82) is 0 Å². The topological polar surface area (TPSA) is 80.6 Å². The summed E-state index contributed by atoms with van der Waals surface area (Å²) in [6.45, 7) is 0. The van der Waals surface area contributed by atoms with Gasteiger partial charge < -0.3 is 4.90 Å². The van der Waals surface area contributed by atoms with E-state index in [2.05, 4.69) is 29.9 Å². The van der Waals surface area contributed by atoms with Gasteiger partial charge in [-0.2, -0.15) is 0 Å². The minimum atomic E-state index is 1.19. The zero-order valence-corrected chi connectivity index (χ0v) is 15.4. The molecule has 0 saturated carbocycles. The van der Waals surface area contributed by atoms with E-state index in [1.54, 1.807) is 68.0 Å². The molecule has 4 aromatic rings. The van der Waals surface area contributed by atoms with Crippen molar-refractivity contribution in [2.75, 3.05) is 19.0 Å². The number of hydrogen-bond donors (Lipinski definition) is 0. The molecule has 0 radical (unpaired) electrons. The first-order valence-electron chi connectivity index (χ1n) is 8.13. The van der Waals surface area contributed by atoms with Crippen LogP contribution in [0.1, 0.15) is 0 Å². The Morgan fingerprint density at radius 2 is 0.926 bits per heavy atom. The maximum Gasteiger partial charge on any atom is 0.115 e. The summed E-state index contributed by atoms with van der Waals surface area (Å²) in [5.41, 5.74) is 1.19. The molecule has 0 fully saturated rings. The molecular weight excluding hydrogens is 338 g/mol. The predicted molar refractivity (Wildman–Crippen MR) is 107 cm³/mol. The van der Waals surface area contributed by atoms with E-state index in [1.807, 2.05) is 49.3 Å². The highest BCUT2D eigenvalue weighted by Crippen LogP contribution is 2.05. The minimum Gasteiger partial charge on any atom is -0.378 e. The van der Waals surface area contributed by atoms with Crippen LogP contribution in [0.5, 0.6) is 0 Å². The monoisotopic (exact) mass is 361 g/mol. The lowest BCUT2D eigenvalue weighted by Crippen LogP contribution is -2.07. The fourth-order valence-corrected chi connectivity index (χ4v) is 1.46. The Balaban J connectivity index is 0.000000183. The molecule has 0 atom stereocenters. The molecule has 0 aliphatic heterocycles. The summed E-state index contributed by atoms with van der Waals surface area (Å²) in [6, 6.07) is 11.4. The van der Waals surface area contributed by atoms with E-state index in [1.165, 1.54) is 12.0 Å². The van der Waals surface area contributed by atoms with Crippen LogP contribution in [0.4, 0.5) is 5.69 Å². The van der Waals surface area contributed by atoms with Gasteiger partial charge in [-0.3, -0.25) is 19.9 Å². The summed E-state index contributed by atoms with van der Waals surface area (Å²) >= 11 is 0. The molecule has 7 heteroatoms. The van der Waals surface area contributed by atoms with Gasteiger partial charge in [-0.1, -0.05) is 6.07 Å². The molecule has 0 aliphatic rings. The van der Waals surface area contributed by atoms with Crippen LogP contribution in [-0.4, -0.2) is 44.0 Å². The second-order valence-electron chi connectivity index (χ2n) is 4.92. The number of hydrogen-bond acceptors (Lipinski definition) is 7. The van der Waals surface area contributed by atoms with E-state index < -0.39 is 0 Å². The standard InChI is InChI=1S/C7H10N2.C5H5N.2C4H4N2/c1-9(2)7-3-5-8-6-4-7;1-2-4-6-5-3-1;1-2-6-4-3-5-1;1-2-5-4-6-3-1/h3-6H,1-2H3;1-5H;2*1-4H. The van der Waals surface area contributed by atoms with E-state index >= 15 is 0 Å². The third-order valence-corrected chi connectivity index (χ3v) is 2.70. The van der Waals surface area contributed by atoms with Crippen molar-refractivity contribution >= 4 is 5.69 Å². The molecular formula is C20H23N7. The van der Waals surface area contributed by atoms with Crippen LogP contribution in [0, 0.1) is 0 Å². The fourth-order valence-electron chi connectivity index (χ4n) is 1.46. The Labute approximate surface area is 159 Å². The Morgan fingerprint density at radius 3 is 1.15 bits per heavy atom. The third kappa shape index (κ3) is 13.2. The lowest BCUT2D eigenvalue weighted by Gasteiger charge is -2.10. The maximum absolute atomic E-state index is 3.90. The number of pyridine rings is 2. The maximum atomic E-state index is 3.90.